The molecule has 0 bridgehead atoms. The maximum Gasteiger partial charge on any atom is 0.292 e. The fraction of sp³-hybridized carbons (Fsp3) is 0.238. The quantitative estimate of drug-likeness (QED) is 0.463. The molecule has 8 nitrogen and oxygen atoms in total. The van der Waals surface area contributed by atoms with Crippen molar-refractivity contribution < 1.29 is 18.9 Å². The van der Waals surface area contributed by atoms with Crippen molar-refractivity contribution in [3.8, 4) is 11.3 Å². The van der Waals surface area contributed by atoms with Gasteiger partial charge in [0.2, 0.25) is 0 Å². The predicted molar refractivity (Wildman–Crippen MR) is 113 cm³/mol. The highest BCUT2D eigenvalue weighted by Gasteiger charge is 2.28. The Morgan fingerprint density at radius 3 is 2.77 bits per heavy atom. The Kier molecular flexibility index (Phi) is 5.13. The molecule has 154 valence electrons. The molecule has 0 saturated heterocycles. The minimum absolute atomic E-state index is 0.0155. The molecule has 2 amide bonds. The number of para-hydroxylation sites is 1. The van der Waals surface area contributed by atoms with E-state index in [9.17, 15) is 19.7 Å². The fourth-order valence-electron chi connectivity index (χ4n) is 3.71. The number of nitro benzene ring substituents is 1. The zero-order chi connectivity index (χ0) is 21.4. The third kappa shape index (κ3) is 3.59. The number of nitrogens with one attached hydrogen (secondary N) is 1. The number of rotatable bonds is 5. The summed E-state index contributed by atoms with van der Waals surface area (Å²) >= 11 is 1.36. The van der Waals surface area contributed by atoms with Crippen molar-refractivity contribution in [1.82, 2.24) is 0 Å². The number of benzene rings is 1. The number of nitro groups is 1. The number of nitrogens with zero attached hydrogens (tertiary/aromatic N) is 1. The van der Waals surface area contributed by atoms with E-state index >= 15 is 0 Å². The first-order valence-corrected chi connectivity index (χ1v) is 10.3. The Hall–Kier alpha value is -3.46. The molecule has 2 heterocycles. The average molecular weight is 425 g/mol. The monoisotopic (exact) mass is 425 g/mol. The van der Waals surface area contributed by atoms with Gasteiger partial charge in [0.05, 0.1) is 16.1 Å². The standard InChI is InChI=1S/C21H19N3O5S/c1-11-6-7-13-17(10-11)30-21(18(13)19(22)25)23-20(26)16-9-8-15(29-16)12-4-2-3-5-14(12)24(27)28/h2-5,8-9,11H,6-7,10H2,1H3,(H2,22,25)(H,23,26)/t11-/m0/s1. The zero-order valence-corrected chi connectivity index (χ0v) is 17.0. The van der Waals surface area contributed by atoms with E-state index in [2.05, 4.69) is 12.2 Å². The van der Waals surface area contributed by atoms with Crippen LogP contribution in [0.15, 0.2) is 40.8 Å². The first-order chi connectivity index (χ1) is 14.3. The number of hydrogen-bond donors (Lipinski definition) is 2. The fourth-order valence-corrected chi connectivity index (χ4v) is 5.12. The second-order valence-electron chi connectivity index (χ2n) is 7.31. The van der Waals surface area contributed by atoms with Crippen molar-refractivity contribution in [3.05, 3.63) is 68.3 Å². The predicted octanol–water partition coefficient (Wildman–Crippen LogP) is 4.39. The van der Waals surface area contributed by atoms with Crippen LogP contribution in [-0.2, 0) is 12.8 Å². The lowest BCUT2D eigenvalue weighted by Gasteiger charge is -2.18. The molecule has 3 aromatic rings. The lowest BCUT2D eigenvalue weighted by molar-refractivity contribution is -0.384. The summed E-state index contributed by atoms with van der Waals surface area (Å²) in [6.07, 6.45) is 2.57. The molecule has 0 spiro atoms. The highest BCUT2D eigenvalue weighted by Crippen LogP contribution is 2.40. The number of primary amides is 1. The number of thiophene rings is 1. The molecule has 1 aromatic carbocycles. The largest absolute Gasteiger partial charge is 0.451 e. The third-order valence-electron chi connectivity index (χ3n) is 5.18. The van der Waals surface area contributed by atoms with E-state index in [4.69, 9.17) is 10.2 Å². The van der Waals surface area contributed by atoms with Crippen LogP contribution in [-0.4, -0.2) is 16.7 Å². The first-order valence-electron chi connectivity index (χ1n) is 9.44. The van der Waals surface area contributed by atoms with Gasteiger partial charge in [0.1, 0.15) is 10.8 Å². The maximum absolute atomic E-state index is 12.7. The first kappa shape index (κ1) is 19.8. The number of amides is 2. The van der Waals surface area contributed by atoms with Crippen LogP contribution >= 0.6 is 11.3 Å². The van der Waals surface area contributed by atoms with Gasteiger partial charge in [-0.3, -0.25) is 19.7 Å². The summed E-state index contributed by atoms with van der Waals surface area (Å²) in [6.45, 7) is 2.15. The summed E-state index contributed by atoms with van der Waals surface area (Å²) < 4.78 is 5.59. The second-order valence-corrected chi connectivity index (χ2v) is 8.42. The molecule has 0 fully saturated rings. The molecule has 2 aromatic heterocycles. The number of carbonyl (C=O) groups is 2. The summed E-state index contributed by atoms with van der Waals surface area (Å²) in [5.74, 6) is -0.415. The van der Waals surface area contributed by atoms with E-state index in [1.807, 2.05) is 0 Å². The molecule has 30 heavy (non-hydrogen) atoms. The van der Waals surface area contributed by atoms with Crippen molar-refractivity contribution >= 4 is 33.8 Å². The van der Waals surface area contributed by atoms with Crippen molar-refractivity contribution in [2.75, 3.05) is 5.32 Å². The van der Waals surface area contributed by atoms with Crippen LogP contribution in [0, 0.1) is 16.0 Å². The number of furan rings is 1. The van der Waals surface area contributed by atoms with E-state index in [0.29, 0.717) is 16.5 Å². The summed E-state index contributed by atoms with van der Waals surface area (Å²) in [6, 6.07) is 9.09. The van der Waals surface area contributed by atoms with Crippen molar-refractivity contribution in [1.29, 1.82) is 0 Å². The van der Waals surface area contributed by atoms with Crippen LogP contribution in [0.5, 0.6) is 0 Å². The molecular weight excluding hydrogens is 406 g/mol. The van der Waals surface area contributed by atoms with Crippen molar-refractivity contribution in [3.63, 3.8) is 0 Å². The summed E-state index contributed by atoms with van der Waals surface area (Å²) in [5, 5.41) is 14.4. The van der Waals surface area contributed by atoms with Gasteiger partial charge in [-0.2, -0.15) is 0 Å². The van der Waals surface area contributed by atoms with E-state index in [1.54, 1.807) is 18.2 Å². The molecule has 1 aliphatic rings. The minimum atomic E-state index is -0.572. The molecule has 0 aliphatic heterocycles. The van der Waals surface area contributed by atoms with Gasteiger partial charge in [-0.25, -0.2) is 0 Å². The highest BCUT2D eigenvalue weighted by atomic mass is 32.1. The average Bonchev–Trinajstić information content (AvgIpc) is 3.32. The van der Waals surface area contributed by atoms with Crippen molar-refractivity contribution in [2.24, 2.45) is 11.7 Å². The highest BCUT2D eigenvalue weighted by molar-refractivity contribution is 7.17. The molecule has 1 aliphatic carbocycles. The summed E-state index contributed by atoms with van der Waals surface area (Å²) in [7, 11) is 0. The number of nitrogens with two attached hydrogens (primary N) is 1. The lowest BCUT2D eigenvalue weighted by atomic mass is 9.88. The zero-order valence-electron chi connectivity index (χ0n) is 16.1. The van der Waals surface area contributed by atoms with Crippen LogP contribution in [0.3, 0.4) is 0 Å². The molecule has 0 radical (unpaired) electrons. The molecule has 4 rings (SSSR count). The van der Waals surface area contributed by atoms with Crippen LogP contribution in [0.2, 0.25) is 0 Å². The van der Waals surface area contributed by atoms with Gasteiger partial charge in [0.25, 0.3) is 17.5 Å². The Morgan fingerprint density at radius 2 is 2.03 bits per heavy atom. The number of anilines is 1. The topological polar surface area (TPSA) is 128 Å². The third-order valence-corrected chi connectivity index (χ3v) is 6.35. The van der Waals surface area contributed by atoms with Crippen molar-refractivity contribution in [2.45, 2.75) is 26.2 Å². The lowest BCUT2D eigenvalue weighted by Crippen LogP contribution is -2.19. The molecule has 1 atom stereocenters. The number of fused-ring (bicyclic) bond motifs is 1. The Labute approximate surface area is 175 Å². The Balaban J connectivity index is 1.62. The van der Waals surface area contributed by atoms with Gasteiger partial charge in [-0.15, -0.1) is 11.3 Å². The van der Waals surface area contributed by atoms with Gasteiger partial charge in [0, 0.05) is 10.9 Å². The molecule has 0 saturated carbocycles. The smallest absolute Gasteiger partial charge is 0.292 e. The Bertz CT molecular complexity index is 1160. The summed E-state index contributed by atoms with van der Waals surface area (Å²) in [4.78, 5) is 36.6. The molecular formula is C21H19N3O5S. The van der Waals surface area contributed by atoms with Gasteiger partial charge in [-0.05, 0) is 48.9 Å². The normalized spacial score (nSPS) is 15.4. The van der Waals surface area contributed by atoms with Gasteiger partial charge < -0.3 is 15.5 Å². The van der Waals surface area contributed by atoms with E-state index in [0.717, 1.165) is 29.7 Å². The van der Waals surface area contributed by atoms with Crippen LogP contribution in [0.1, 0.15) is 44.7 Å². The van der Waals surface area contributed by atoms with Crippen LogP contribution in [0.4, 0.5) is 10.7 Å². The number of carbonyl (C=O) groups excluding carboxylic acids is 2. The van der Waals surface area contributed by atoms with Gasteiger partial charge in [-0.1, -0.05) is 19.1 Å². The van der Waals surface area contributed by atoms with Gasteiger partial charge in [0.15, 0.2) is 5.76 Å². The van der Waals surface area contributed by atoms with Crippen LogP contribution in [0.25, 0.3) is 11.3 Å². The molecule has 9 heteroatoms. The van der Waals surface area contributed by atoms with E-state index < -0.39 is 16.7 Å². The van der Waals surface area contributed by atoms with E-state index in [1.165, 1.54) is 29.5 Å². The number of hydrogen-bond acceptors (Lipinski definition) is 6. The van der Waals surface area contributed by atoms with E-state index in [-0.39, 0.29) is 22.8 Å². The van der Waals surface area contributed by atoms with Gasteiger partial charge >= 0.3 is 0 Å². The summed E-state index contributed by atoms with van der Waals surface area (Å²) in [5.41, 5.74) is 7.03. The molecule has 0 unspecified atom stereocenters. The maximum atomic E-state index is 12.7. The second kappa shape index (κ2) is 7.75. The minimum Gasteiger partial charge on any atom is -0.451 e. The van der Waals surface area contributed by atoms with Crippen LogP contribution < -0.4 is 11.1 Å². The Morgan fingerprint density at radius 1 is 1.27 bits per heavy atom. The SMILES string of the molecule is C[C@H]1CCc2c(sc(NC(=O)c3ccc(-c4ccccc4[N+](=O)[O-])o3)c2C(N)=O)C1. The molecule has 3 N–H and O–H groups in total.